The van der Waals surface area contributed by atoms with Gasteiger partial charge in [0, 0.05) is 23.2 Å². The van der Waals surface area contributed by atoms with E-state index in [-0.39, 0.29) is 17.2 Å². The molecule has 4 nitrogen and oxygen atoms in total. The molecule has 0 saturated heterocycles. The molecular weight excluding hydrogens is 228 g/mol. The average molecular weight is 248 g/mol. The number of anilines is 1. The maximum Gasteiger partial charge on any atom is 0.226 e. The van der Waals surface area contributed by atoms with Crippen LogP contribution >= 0.6 is 0 Å². The highest BCUT2D eigenvalue weighted by Crippen LogP contribution is 2.33. The van der Waals surface area contributed by atoms with Gasteiger partial charge in [-0.2, -0.15) is 0 Å². The molecule has 0 aromatic heterocycles. The van der Waals surface area contributed by atoms with Gasteiger partial charge in [0.05, 0.1) is 0 Å². The van der Waals surface area contributed by atoms with E-state index in [9.17, 15) is 9.90 Å². The summed E-state index contributed by atoms with van der Waals surface area (Å²) in [5, 5.41) is 12.6. The molecule has 0 bridgehead atoms. The maximum absolute atomic E-state index is 11.9. The Bertz CT molecular complexity index is 479. The molecule has 1 aliphatic rings. The van der Waals surface area contributed by atoms with E-state index in [1.165, 1.54) is 0 Å². The van der Waals surface area contributed by atoms with Gasteiger partial charge in [-0.15, -0.1) is 0 Å². The molecule has 4 heteroatoms. The number of carbonyl (C=O) groups is 1. The Morgan fingerprint density at radius 2 is 2.11 bits per heavy atom. The third kappa shape index (κ3) is 2.48. The third-order valence-corrected chi connectivity index (χ3v) is 3.77. The Labute approximate surface area is 107 Å². The van der Waals surface area contributed by atoms with Crippen LogP contribution in [-0.2, 0) is 4.79 Å². The van der Waals surface area contributed by atoms with Crippen molar-refractivity contribution in [1.29, 1.82) is 0 Å². The van der Waals surface area contributed by atoms with E-state index in [0.717, 1.165) is 24.8 Å². The number of phenolic OH excluding ortho intramolecular Hbond substituents is 1. The molecule has 2 rings (SSSR count). The maximum atomic E-state index is 11.9. The smallest absolute Gasteiger partial charge is 0.226 e. The van der Waals surface area contributed by atoms with Gasteiger partial charge in [-0.1, -0.05) is 6.07 Å². The molecule has 1 aromatic carbocycles. The number of aryl methyl sites for hydroxylation is 1. The van der Waals surface area contributed by atoms with Crippen molar-refractivity contribution in [3.63, 3.8) is 0 Å². The Hall–Kier alpha value is -1.55. The molecule has 0 atom stereocenters. The second-order valence-electron chi connectivity index (χ2n) is 5.34. The Balaban J connectivity index is 2.05. The number of hydrogen-bond donors (Lipinski definition) is 3. The first-order chi connectivity index (χ1) is 8.41. The van der Waals surface area contributed by atoms with Gasteiger partial charge in [-0.25, -0.2) is 0 Å². The van der Waals surface area contributed by atoms with Crippen LogP contribution in [0.25, 0.3) is 0 Å². The van der Waals surface area contributed by atoms with E-state index in [4.69, 9.17) is 5.73 Å². The van der Waals surface area contributed by atoms with E-state index < -0.39 is 0 Å². The molecule has 1 fully saturated rings. The van der Waals surface area contributed by atoms with Gasteiger partial charge >= 0.3 is 0 Å². The van der Waals surface area contributed by atoms with Crippen molar-refractivity contribution in [2.45, 2.75) is 45.1 Å². The summed E-state index contributed by atoms with van der Waals surface area (Å²) in [5.41, 5.74) is 7.89. The van der Waals surface area contributed by atoms with E-state index in [2.05, 4.69) is 5.32 Å². The fourth-order valence-electron chi connectivity index (χ4n) is 2.29. The second kappa shape index (κ2) is 4.61. The number of phenols is 1. The summed E-state index contributed by atoms with van der Waals surface area (Å²) in [6.45, 7) is 3.62. The first-order valence-electron chi connectivity index (χ1n) is 6.29. The molecule has 4 N–H and O–H groups in total. The van der Waals surface area contributed by atoms with Crippen LogP contribution in [0.15, 0.2) is 12.1 Å². The molecule has 1 aliphatic carbocycles. The zero-order valence-corrected chi connectivity index (χ0v) is 10.9. The van der Waals surface area contributed by atoms with Crippen LogP contribution in [0, 0.1) is 13.8 Å². The summed E-state index contributed by atoms with van der Waals surface area (Å²) in [6, 6.07) is 3.60. The lowest BCUT2D eigenvalue weighted by molar-refractivity contribution is -0.118. The quantitative estimate of drug-likeness (QED) is 0.767. The highest BCUT2D eigenvalue weighted by molar-refractivity contribution is 5.92. The summed E-state index contributed by atoms with van der Waals surface area (Å²) < 4.78 is 0. The van der Waals surface area contributed by atoms with Gasteiger partial charge in [0.1, 0.15) is 5.75 Å². The highest BCUT2D eigenvalue weighted by Gasteiger charge is 2.34. The molecule has 0 radical (unpaired) electrons. The van der Waals surface area contributed by atoms with Crippen molar-refractivity contribution in [2.24, 2.45) is 5.73 Å². The lowest BCUT2D eigenvalue weighted by Crippen LogP contribution is -2.48. The van der Waals surface area contributed by atoms with Crippen LogP contribution in [0.2, 0.25) is 0 Å². The first kappa shape index (κ1) is 12.9. The van der Waals surface area contributed by atoms with Gasteiger partial charge in [0.25, 0.3) is 0 Å². The molecule has 1 aromatic rings. The first-order valence-corrected chi connectivity index (χ1v) is 6.29. The fourth-order valence-corrected chi connectivity index (χ4v) is 2.29. The number of aromatic hydroxyl groups is 1. The van der Waals surface area contributed by atoms with Crippen LogP contribution in [0.4, 0.5) is 5.69 Å². The Morgan fingerprint density at radius 1 is 1.44 bits per heavy atom. The number of benzene rings is 1. The van der Waals surface area contributed by atoms with Gasteiger partial charge in [0.2, 0.25) is 5.91 Å². The van der Waals surface area contributed by atoms with Crippen LogP contribution in [-0.4, -0.2) is 16.6 Å². The average Bonchev–Trinajstić information content (AvgIpc) is 2.28. The van der Waals surface area contributed by atoms with Crippen LogP contribution in [0.3, 0.4) is 0 Å². The van der Waals surface area contributed by atoms with Crippen molar-refractivity contribution in [3.8, 4) is 5.75 Å². The lowest BCUT2D eigenvalue weighted by atomic mass is 9.75. The van der Waals surface area contributed by atoms with Crippen LogP contribution in [0.5, 0.6) is 5.75 Å². The molecule has 98 valence electrons. The molecule has 1 amide bonds. The number of amides is 1. The molecule has 1 saturated carbocycles. The molecule has 18 heavy (non-hydrogen) atoms. The molecule has 0 spiro atoms. The standard InChI is InChI=1S/C14H20N2O2/c1-9-4-5-11(10(2)13(9)18)16-12(17)8-14(15)6-3-7-14/h4-5,18H,3,6-8,15H2,1-2H3,(H,16,17). The van der Waals surface area contributed by atoms with Crippen molar-refractivity contribution >= 4 is 11.6 Å². The molecular formula is C14H20N2O2. The van der Waals surface area contributed by atoms with E-state index in [0.29, 0.717) is 17.7 Å². The van der Waals surface area contributed by atoms with Crippen LogP contribution in [0.1, 0.15) is 36.8 Å². The minimum Gasteiger partial charge on any atom is -0.507 e. The van der Waals surface area contributed by atoms with Gasteiger partial charge < -0.3 is 16.2 Å². The predicted octanol–water partition coefficient (Wildman–Crippen LogP) is 2.22. The summed E-state index contributed by atoms with van der Waals surface area (Å²) in [4.78, 5) is 11.9. The number of nitrogens with one attached hydrogen (secondary N) is 1. The largest absolute Gasteiger partial charge is 0.507 e. The summed E-state index contributed by atoms with van der Waals surface area (Å²) >= 11 is 0. The van der Waals surface area contributed by atoms with Crippen molar-refractivity contribution in [2.75, 3.05) is 5.32 Å². The number of carbonyl (C=O) groups excluding carboxylic acids is 1. The van der Waals surface area contributed by atoms with Crippen molar-refractivity contribution < 1.29 is 9.90 Å². The highest BCUT2D eigenvalue weighted by atomic mass is 16.3. The monoisotopic (exact) mass is 248 g/mol. The van der Waals surface area contributed by atoms with Crippen molar-refractivity contribution in [3.05, 3.63) is 23.3 Å². The van der Waals surface area contributed by atoms with Gasteiger partial charge in [-0.3, -0.25) is 4.79 Å². The second-order valence-corrected chi connectivity index (χ2v) is 5.34. The minimum absolute atomic E-state index is 0.0800. The number of rotatable bonds is 3. The zero-order valence-electron chi connectivity index (χ0n) is 10.9. The van der Waals surface area contributed by atoms with Crippen molar-refractivity contribution in [1.82, 2.24) is 0 Å². The fraction of sp³-hybridized carbons (Fsp3) is 0.500. The lowest BCUT2D eigenvalue weighted by Gasteiger charge is -2.37. The normalized spacial score (nSPS) is 17.1. The predicted molar refractivity (Wildman–Crippen MR) is 71.6 cm³/mol. The number of nitrogens with two attached hydrogens (primary N) is 1. The van der Waals surface area contributed by atoms with Gasteiger partial charge in [0.15, 0.2) is 0 Å². The van der Waals surface area contributed by atoms with Gasteiger partial charge in [-0.05, 0) is 44.7 Å². The van der Waals surface area contributed by atoms with E-state index >= 15 is 0 Å². The molecule has 0 aliphatic heterocycles. The molecule has 0 unspecified atom stereocenters. The summed E-state index contributed by atoms with van der Waals surface area (Å²) in [7, 11) is 0. The summed E-state index contributed by atoms with van der Waals surface area (Å²) in [6.07, 6.45) is 3.28. The number of hydrogen-bond acceptors (Lipinski definition) is 3. The van der Waals surface area contributed by atoms with Crippen LogP contribution < -0.4 is 11.1 Å². The minimum atomic E-state index is -0.315. The Morgan fingerprint density at radius 3 is 2.67 bits per heavy atom. The SMILES string of the molecule is Cc1ccc(NC(=O)CC2(N)CCC2)c(C)c1O. The molecule has 0 heterocycles. The van der Waals surface area contributed by atoms with E-state index in [1.807, 2.05) is 13.0 Å². The van der Waals surface area contributed by atoms with E-state index in [1.54, 1.807) is 13.0 Å². The summed E-state index contributed by atoms with van der Waals surface area (Å²) in [5.74, 6) is 0.155. The third-order valence-electron chi connectivity index (χ3n) is 3.77. The topological polar surface area (TPSA) is 75.4 Å². The zero-order chi connectivity index (χ0) is 13.3. The Kier molecular flexibility index (Phi) is 3.30.